The van der Waals surface area contributed by atoms with Crippen LogP contribution in [0, 0.1) is 5.92 Å². The van der Waals surface area contributed by atoms with Gasteiger partial charge in [0, 0.05) is 24.0 Å². The molecule has 0 spiro atoms. The van der Waals surface area contributed by atoms with Crippen molar-refractivity contribution in [2.75, 3.05) is 13.1 Å². The Bertz CT molecular complexity index is 445. The first-order valence-corrected chi connectivity index (χ1v) is 7.98. The van der Waals surface area contributed by atoms with Gasteiger partial charge in [0.25, 0.3) is 0 Å². The van der Waals surface area contributed by atoms with E-state index >= 15 is 0 Å². The van der Waals surface area contributed by atoms with Crippen molar-refractivity contribution in [3.63, 3.8) is 0 Å². The van der Waals surface area contributed by atoms with Gasteiger partial charge in [0.15, 0.2) is 0 Å². The van der Waals surface area contributed by atoms with Gasteiger partial charge in [-0.15, -0.1) is 0 Å². The normalized spacial score (nSPS) is 22.2. The fourth-order valence-electron chi connectivity index (χ4n) is 2.72. The number of halogens is 3. The van der Waals surface area contributed by atoms with Crippen molar-refractivity contribution in [3.8, 4) is 0 Å². The average Bonchev–Trinajstić information content (AvgIpc) is 2.40. The van der Waals surface area contributed by atoms with Crippen LogP contribution in [0.3, 0.4) is 0 Å². The molecule has 2 unspecified atom stereocenters. The highest BCUT2D eigenvalue weighted by Crippen LogP contribution is 2.36. The molecule has 2 atom stereocenters. The van der Waals surface area contributed by atoms with Crippen LogP contribution in [0.1, 0.15) is 25.3 Å². The Balaban J connectivity index is 1.91. The molecular formula is C15H21F3N2S. The smallest absolute Gasteiger partial charge is 0.328 e. The number of rotatable bonds is 4. The summed E-state index contributed by atoms with van der Waals surface area (Å²) in [5.74, 6) is 0.513. The van der Waals surface area contributed by atoms with Crippen molar-refractivity contribution in [2.45, 2.75) is 42.8 Å². The predicted molar refractivity (Wildman–Crippen MR) is 80.0 cm³/mol. The molecule has 0 saturated carbocycles. The van der Waals surface area contributed by atoms with Crippen LogP contribution in [-0.2, 0) is 6.54 Å². The number of piperidine rings is 1. The van der Waals surface area contributed by atoms with Gasteiger partial charge < -0.3 is 5.73 Å². The summed E-state index contributed by atoms with van der Waals surface area (Å²) < 4.78 is 36.8. The van der Waals surface area contributed by atoms with Crippen molar-refractivity contribution in [2.24, 2.45) is 11.7 Å². The minimum absolute atomic E-state index is 0.0703. The Morgan fingerprint density at radius 2 is 2.00 bits per heavy atom. The monoisotopic (exact) mass is 318 g/mol. The second kappa shape index (κ2) is 7.03. The summed E-state index contributed by atoms with van der Waals surface area (Å²) in [5, 5.41) is 0. The van der Waals surface area contributed by atoms with Gasteiger partial charge >= 0.3 is 5.51 Å². The third-order valence-electron chi connectivity index (χ3n) is 3.85. The van der Waals surface area contributed by atoms with Crippen LogP contribution in [0.15, 0.2) is 29.2 Å². The zero-order valence-corrected chi connectivity index (χ0v) is 12.9. The number of thioether (sulfide) groups is 1. The fourth-order valence-corrected chi connectivity index (χ4v) is 3.26. The second-order valence-corrected chi connectivity index (χ2v) is 6.83. The lowest BCUT2D eigenvalue weighted by Crippen LogP contribution is -2.41. The van der Waals surface area contributed by atoms with Gasteiger partial charge in [0.05, 0.1) is 0 Å². The minimum Gasteiger partial charge on any atom is -0.328 e. The Hall–Kier alpha value is -0.720. The van der Waals surface area contributed by atoms with Crippen molar-refractivity contribution >= 4 is 11.8 Å². The first-order chi connectivity index (χ1) is 9.83. The highest BCUT2D eigenvalue weighted by Gasteiger charge is 2.29. The van der Waals surface area contributed by atoms with E-state index in [0.717, 1.165) is 38.0 Å². The third-order valence-corrected chi connectivity index (χ3v) is 4.59. The Morgan fingerprint density at radius 1 is 1.33 bits per heavy atom. The summed E-state index contributed by atoms with van der Waals surface area (Å²) in [6.07, 6.45) is 2.30. The van der Waals surface area contributed by atoms with Crippen LogP contribution in [0.2, 0.25) is 0 Å². The quantitative estimate of drug-likeness (QED) is 0.855. The molecule has 21 heavy (non-hydrogen) atoms. The molecule has 6 heteroatoms. The topological polar surface area (TPSA) is 29.3 Å². The molecule has 1 saturated heterocycles. The van der Waals surface area contributed by atoms with Crippen LogP contribution in [0.25, 0.3) is 0 Å². The van der Waals surface area contributed by atoms with Crippen LogP contribution in [0.4, 0.5) is 13.2 Å². The molecular weight excluding hydrogens is 297 g/mol. The number of nitrogens with zero attached hydrogens (tertiary/aromatic N) is 1. The van der Waals surface area contributed by atoms with E-state index in [0.29, 0.717) is 5.92 Å². The van der Waals surface area contributed by atoms with Gasteiger partial charge in [0.2, 0.25) is 0 Å². The number of hydrogen-bond donors (Lipinski definition) is 1. The number of likely N-dealkylation sites (tertiary alicyclic amines) is 1. The Kier molecular flexibility index (Phi) is 5.57. The summed E-state index contributed by atoms with van der Waals surface area (Å²) in [6, 6.07) is 6.84. The highest BCUT2D eigenvalue weighted by molar-refractivity contribution is 8.00. The van der Waals surface area contributed by atoms with E-state index < -0.39 is 5.51 Å². The number of nitrogens with two attached hydrogens (primary N) is 1. The standard InChI is InChI=1S/C15H21F3N2S/c1-11(19)13-3-2-8-20(10-13)9-12-4-6-14(7-5-12)21-15(16,17)18/h4-7,11,13H,2-3,8-10,19H2,1H3. The molecule has 2 nitrogen and oxygen atoms in total. The van der Waals surface area contributed by atoms with Crippen molar-refractivity contribution in [3.05, 3.63) is 29.8 Å². The molecule has 0 amide bonds. The van der Waals surface area contributed by atoms with Crippen LogP contribution in [0.5, 0.6) is 0 Å². The molecule has 1 heterocycles. The average molecular weight is 318 g/mol. The first kappa shape index (κ1) is 16.6. The van der Waals surface area contributed by atoms with Gasteiger partial charge in [-0.05, 0) is 61.7 Å². The zero-order chi connectivity index (χ0) is 15.5. The molecule has 2 N–H and O–H groups in total. The number of benzene rings is 1. The van der Waals surface area contributed by atoms with Gasteiger partial charge in [-0.3, -0.25) is 4.90 Å². The second-order valence-electron chi connectivity index (χ2n) is 5.69. The maximum Gasteiger partial charge on any atom is 0.446 e. The predicted octanol–water partition coefficient (Wildman–Crippen LogP) is 3.86. The molecule has 1 aliphatic heterocycles. The maximum atomic E-state index is 12.3. The lowest BCUT2D eigenvalue weighted by molar-refractivity contribution is -0.0328. The molecule has 0 radical (unpaired) electrons. The van der Waals surface area contributed by atoms with Crippen molar-refractivity contribution in [1.29, 1.82) is 0 Å². The molecule has 1 fully saturated rings. The molecule has 118 valence electrons. The van der Waals surface area contributed by atoms with Gasteiger partial charge in [-0.1, -0.05) is 12.1 Å². The largest absolute Gasteiger partial charge is 0.446 e. The fraction of sp³-hybridized carbons (Fsp3) is 0.600. The van der Waals surface area contributed by atoms with E-state index in [2.05, 4.69) is 4.90 Å². The summed E-state index contributed by atoms with van der Waals surface area (Å²) in [6.45, 7) is 4.82. The molecule has 2 rings (SSSR count). The minimum atomic E-state index is -4.22. The zero-order valence-electron chi connectivity index (χ0n) is 12.1. The van der Waals surface area contributed by atoms with Gasteiger partial charge in [0.1, 0.15) is 0 Å². The summed E-state index contributed by atoms with van der Waals surface area (Å²) in [7, 11) is 0. The van der Waals surface area contributed by atoms with Crippen molar-refractivity contribution < 1.29 is 13.2 Å². The highest BCUT2D eigenvalue weighted by atomic mass is 32.2. The number of alkyl halides is 3. The van der Waals surface area contributed by atoms with E-state index in [4.69, 9.17) is 5.73 Å². The summed E-state index contributed by atoms with van der Waals surface area (Å²) >= 11 is -0.0703. The van der Waals surface area contributed by atoms with Crippen LogP contribution in [-0.4, -0.2) is 29.5 Å². The van der Waals surface area contributed by atoms with Crippen LogP contribution < -0.4 is 5.73 Å². The van der Waals surface area contributed by atoms with E-state index in [1.54, 1.807) is 24.3 Å². The molecule has 0 aliphatic carbocycles. The molecule has 0 bridgehead atoms. The molecule has 0 aromatic heterocycles. The number of hydrogen-bond acceptors (Lipinski definition) is 3. The van der Waals surface area contributed by atoms with Gasteiger partial charge in [-0.2, -0.15) is 13.2 Å². The van der Waals surface area contributed by atoms with E-state index in [1.807, 2.05) is 6.92 Å². The molecule has 1 aliphatic rings. The van der Waals surface area contributed by atoms with Crippen LogP contribution >= 0.6 is 11.8 Å². The van der Waals surface area contributed by atoms with E-state index in [9.17, 15) is 13.2 Å². The van der Waals surface area contributed by atoms with Gasteiger partial charge in [-0.25, -0.2) is 0 Å². The third kappa shape index (κ3) is 5.52. The van der Waals surface area contributed by atoms with Crippen molar-refractivity contribution in [1.82, 2.24) is 4.90 Å². The first-order valence-electron chi connectivity index (χ1n) is 7.16. The lowest BCUT2D eigenvalue weighted by Gasteiger charge is -2.34. The summed E-state index contributed by atoms with van der Waals surface area (Å²) in [4.78, 5) is 2.57. The SMILES string of the molecule is CC(N)C1CCCN(Cc2ccc(SC(F)(F)F)cc2)C1. The molecule has 1 aromatic rings. The van der Waals surface area contributed by atoms with E-state index in [-0.39, 0.29) is 22.7 Å². The lowest BCUT2D eigenvalue weighted by atomic mass is 9.92. The summed E-state index contributed by atoms with van der Waals surface area (Å²) in [5.41, 5.74) is 2.79. The maximum absolute atomic E-state index is 12.3. The Labute approximate surface area is 127 Å². The van der Waals surface area contributed by atoms with E-state index in [1.165, 1.54) is 0 Å². The Morgan fingerprint density at radius 3 is 2.57 bits per heavy atom. The molecule has 1 aromatic carbocycles.